The van der Waals surface area contributed by atoms with Gasteiger partial charge in [-0.1, -0.05) is 0 Å². The fourth-order valence-electron chi connectivity index (χ4n) is 0.655. The summed E-state index contributed by atoms with van der Waals surface area (Å²) in [5.41, 5.74) is 0. The van der Waals surface area contributed by atoms with E-state index in [0.29, 0.717) is 0 Å². The Morgan fingerprint density at radius 2 is 1.67 bits per heavy atom. The van der Waals surface area contributed by atoms with Crippen molar-refractivity contribution in [1.29, 1.82) is 0 Å². The third kappa shape index (κ3) is 3.99. The van der Waals surface area contributed by atoms with E-state index in [-0.39, 0.29) is 6.61 Å². The predicted molar refractivity (Wildman–Crippen MR) is 41.3 cm³/mol. The molecule has 0 fully saturated rings. The first-order valence-corrected chi connectivity index (χ1v) is 3.79. The maximum Gasteiger partial charge on any atom is 0.178 e. The highest BCUT2D eigenvalue weighted by atomic mass is 16.6. The van der Waals surface area contributed by atoms with Crippen molar-refractivity contribution in [3.8, 4) is 0 Å². The van der Waals surface area contributed by atoms with Crippen LogP contribution < -0.4 is 0 Å². The highest BCUT2D eigenvalue weighted by Gasteiger charge is 2.20. The summed E-state index contributed by atoms with van der Waals surface area (Å²) in [7, 11) is 0. The Morgan fingerprint density at radius 3 is 1.92 bits per heavy atom. The van der Waals surface area contributed by atoms with E-state index < -0.39 is 24.6 Å². The van der Waals surface area contributed by atoms with E-state index >= 15 is 0 Å². The first kappa shape index (κ1) is 11.8. The molecule has 0 aliphatic carbocycles. The second kappa shape index (κ2) is 5.45. The van der Waals surface area contributed by atoms with E-state index in [1.165, 1.54) is 13.8 Å². The smallest absolute Gasteiger partial charge is 0.178 e. The van der Waals surface area contributed by atoms with Crippen LogP contribution in [0.3, 0.4) is 0 Å². The van der Waals surface area contributed by atoms with Gasteiger partial charge < -0.3 is 25.2 Å². The van der Waals surface area contributed by atoms with E-state index in [1.54, 1.807) is 0 Å². The maximum absolute atomic E-state index is 8.99. The molecule has 0 saturated carbocycles. The van der Waals surface area contributed by atoms with E-state index in [1.807, 2.05) is 0 Å². The Labute approximate surface area is 71.2 Å². The van der Waals surface area contributed by atoms with E-state index in [9.17, 15) is 0 Å². The second-order valence-corrected chi connectivity index (χ2v) is 2.72. The molecular formula is C7H16O5. The molecule has 0 aromatic carbocycles. The summed E-state index contributed by atoms with van der Waals surface area (Å²) >= 11 is 0. The molecule has 0 aliphatic rings. The second-order valence-electron chi connectivity index (χ2n) is 2.72. The van der Waals surface area contributed by atoms with Crippen molar-refractivity contribution >= 4 is 0 Å². The number of aliphatic hydroxyl groups excluding tert-OH is 3. The molecule has 0 rings (SSSR count). The fourth-order valence-corrected chi connectivity index (χ4v) is 0.655. The SMILES string of the molecule is CC(OC(CO)[C@H](C)O)C(O)O. The summed E-state index contributed by atoms with van der Waals surface area (Å²) in [6.07, 6.45) is -4.03. The van der Waals surface area contributed by atoms with Crippen LogP contribution in [0.5, 0.6) is 0 Å². The van der Waals surface area contributed by atoms with Crippen molar-refractivity contribution in [3.05, 3.63) is 0 Å². The Hall–Kier alpha value is -0.200. The Morgan fingerprint density at radius 1 is 1.17 bits per heavy atom. The van der Waals surface area contributed by atoms with Crippen molar-refractivity contribution in [1.82, 2.24) is 0 Å². The van der Waals surface area contributed by atoms with Gasteiger partial charge in [-0.2, -0.15) is 0 Å². The van der Waals surface area contributed by atoms with Crippen molar-refractivity contribution in [2.24, 2.45) is 0 Å². The normalized spacial score (nSPS) is 19.2. The summed E-state index contributed by atoms with van der Waals surface area (Å²) in [6.45, 7) is 2.54. The highest BCUT2D eigenvalue weighted by Crippen LogP contribution is 2.04. The lowest BCUT2D eigenvalue weighted by Gasteiger charge is -2.23. The molecule has 0 aromatic rings. The molecule has 5 heteroatoms. The van der Waals surface area contributed by atoms with Gasteiger partial charge in [-0.15, -0.1) is 0 Å². The minimum absolute atomic E-state index is 0.352. The molecule has 4 N–H and O–H groups in total. The monoisotopic (exact) mass is 180 g/mol. The molecule has 0 heterocycles. The zero-order chi connectivity index (χ0) is 9.72. The number of hydrogen-bond acceptors (Lipinski definition) is 5. The Kier molecular flexibility index (Phi) is 5.36. The lowest BCUT2D eigenvalue weighted by Crippen LogP contribution is -2.37. The van der Waals surface area contributed by atoms with Gasteiger partial charge in [-0.3, -0.25) is 0 Å². The predicted octanol–water partition coefficient (Wildman–Crippen LogP) is -1.56. The molecule has 0 aromatic heterocycles. The first-order valence-electron chi connectivity index (χ1n) is 3.79. The maximum atomic E-state index is 8.99. The molecular weight excluding hydrogens is 164 g/mol. The molecule has 2 unspecified atom stereocenters. The zero-order valence-corrected chi connectivity index (χ0v) is 7.21. The van der Waals surface area contributed by atoms with Gasteiger partial charge >= 0.3 is 0 Å². The quantitative estimate of drug-likeness (QED) is 0.384. The van der Waals surface area contributed by atoms with Crippen LogP contribution in [0.2, 0.25) is 0 Å². The molecule has 0 saturated heterocycles. The first-order chi connectivity index (χ1) is 5.49. The molecule has 74 valence electrons. The van der Waals surface area contributed by atoms with Crippen LogP contribution in [0, 0.1) is 0 Å². The van der Waals surface area contributed by atoms with Gasteiger partial charge in [0, 0.05) is 0 Å². The van der Waals surface area contributed by atoms with E-state index in [2.05, 4.69) is 0 Å². The van der Waals surface area contributed by atoms with Crippen molar-refractivity contribution in [3.63, 3.8) is 0 Å². The van der Waals surface area contributed by atoms with Crippen molar-refractivity contribution in [2.45, 2.75) is 38.4 Å². The largest absolute Gasteiger partial charge is 0.394 e. The van der Waals surface area contributed by atoms with Gasteiger partial charge in [0.2, 0.25) is 0 Å². The van der Waals surface area contributed by atoms with Gasteiger partial charge in [0.05, 0.1) is 12.7 Å². The van der Waals surface area contributed by atoms with Crippen LogP contribution >= 0.6 is 0 Å². The summed E-state index contributed by atoms with van der Waals surface area (Å²) in [5, 5.41) is 34.9. The number of hydrogen-bond donors (Lipinski definition) is 4. The topological polar surface area (TPSA) is 90.2 Å². The van der Waals surface area contributed by atoms with E-state index in [0.717, 1.165) is 0 Å². The Balaban J connectivity index is 3.85. The summed E-state index contributed by atoms with van der Waals surface area (Å²) < 4.78 is 4.92. The van der Waals surface area contributed by atoms with Crippen LogP contribution in [0.15, 0.2) is 0 Å². The standard InChI is InChI=1S/C7H16O5/c1-4(9)6(3-8)12-5(2)7(10)11/h4-11H,3H2,1-2H3/t4-,5?,6?/m0/s1. The molecule has 0 bridgehead atoms. The zero-order valence-electron chi connectivity index (χ0n) is 7.21. The van der Waals surface area contributed by atoms with Gasteiger partial charge in [0.1, 0.15) is 12.2 Å². The van der Waals surface area contributed by atoms with Gasteiger partial charge in [-0.05, 0) is 13.8 Å². The number of ether oxygens (including phenoxy) is 1. The van der Waals surface area contributed by atoms with Crippen LogP contribution in [-0.4, -0.2) is 51.6 Å². The molecule has 3 atom stereocenters. The van der Waals surface area contributed by atoms with Gasteiger partial charge in [0.25, 0.3) is 0 Å². The third-order valence-corrected chi connectivity index (χ3v) is 1.53. The van der Waals surface area contributed by atoms with Crippen molar-refractivity contribution in [2.75, 3.05) is 6.61 Å². The minimum atomic E-state index is -1.60. The molecule has 0 aliphatic heterocycles. The summed E-state index contributed by atoms with van der Waals surface area (Å²) in [4.78, 5) is 0. The highest BCUT2D eigenvalue weighted by molar-refractivity contribution is 4.65. The number of rotatable bonds is 5. The summed E-state index contributed by atoms with van der Waals surface area (Å²) in [5.74, 6) is 0. The van der Waals surface area contributed by atoms with Gasteiger partial charge in [0.15, 0.2) is 6.29 Å². The molecule has 0 radical (unpaired) electrons. The molecule has 12 heavy (non-hydrogen) atoms. The Bertz CT molecular complexity index is 114. The molecule has 0 spiro atoms. The minimum Gasteiger partial charge on any atom is -0.394 e. The van der Waals surface area contributed by atoms with Crippen LogP contribution in [0.4, 0.5) is 0 Å². The lowest BCUT2D eigenvalue weighted by molar-refractivity contribution is -0.178. The lowest BCUT2D eigenvalue weighted by atomic mass is 10.2. The van der Waals surface area contributed by atoms with E-state index in [4.69, 9.17) is 25.2 Å². The third-order valence-electron chi connectivity index (χ3n) is 1.53. The van der Waals surface area contributed by atoms with Gasteiger partial charge in [-0.25, -0.2) is 0 Å². The average Bonchev–Trinajstić information content (AvgIpc) is 1.98. The summed E-state index contributed by atoms with van der Waals surface area (Å²) in [6, 6.07) is 0. The number of aliphatic hydroxyl groups is 4. The molecule has 5 nitrogen and oxygen atoms in total. The van der Waals surface area contributed by atoms with Crippen LogP contribution in [0.1, 0.15) is 13.8 Å². The average molecular weight is 180 g/mol. The van der Waals surface area contributed by atoms with Crippen LogP contribution in [-0.2, 0) is 4.74 Å². The molecule has 0 amide bonds. The van der Waals surface area contributed by atoms with Crippen molar-refractivity contribution < 1.29 is 25.2 Å². The fraction of sp³-hybridized carbons (Fsp3) is 1.00. The van der Waals surface area contributed by atoms with Crippen LogP contribution in [0.25, 0.3) is 0 Å².